The number of nitrogens with one attached hydrogen (secondary N) is 1. The maximum absolute atomic E-state index is 12.6. The average Bonchev–Trinajstić information content (AvgIpc) is 2.66. The molecule has 5 nitrogen and oxygen atoms in total. The predicted molar refractivity (Wildman–Crippen MR) is 91.5 cm³/mol. The van der Waals surface area contributed by atoms with Crippen LogP contribution in [0.2, 0.25) is 0 Å². The molecule has 0 aliphatic carbocycles. The Labute approximate surface area is 139 Å². The summed E-state index contributed by atoms with van der Waals surface area (Å²) >= 11 is 0. The highest BCUT2D eigenvalue weighted by atomic mass is 35.5. The summed E-state index contributed by atoms with van der Waals surface area (Å²) in [6, 6.07) is 0.276. The van der Waals surface area contributed by atoms with Crippen LogP contribution in [0.4, 0.5) is 0 Å². The molecule has 1 fully saturated rings. The van der Waals surface area contributed by atoms with Gasteiger partial charge in [0.25, 0.3) is 0 Å². The summed E-state index contributed by atoms with van der Waals surface area (Å²) in [5.41, 5.74) is 3.23. The summed E-state index contributed by atoms with van der Waals surface area (Å²) < 4.78 is 2.05. The Morgan fingerprint density at radius 3 is 2.68 bits per heavy atom. The van der Waals surface area contributed by atoms with Gasteiger partial charge in [0.05, 0.1) is 12.1 Å². The molecule has 1 aromatic heterocycles. The Bertz CT molecular complexity index is 512. The second kappa shape index (κ2) is 7.97. The predicted octanol–water partition coefficient (Wildman–Crippen LogP) is 1.94. The fourth-order valence-corrected chi connectivity index (χ4v) is 2.98. The molecular weight excluding hydrogens is 300 g/mol. The molecule has 1 atom stereocenters. The van der Waals surface area contributed by atoms with Crippen molar-refractivity contribution in [1.29, 1.82) is 0 Å². The van der Waals surface area contributed by atoms with Crippen LogP contribution in [0.3, 0.4) is 0 Å². The van der Waals surface area contributed by atoms with Crippen LogP contribution in [0.5, 0.6) is 0 Å². The maximum atomic E-state index is 12.6. The third-order valence-electron chi connectivity index (χ3n) is 4.22. The standard InChI is InChI=1S/C16H28N4O.ClH/c1-11(2)10-20-14(5)15(13(4)18-20)8-16(21)19-7-6-17-9-12(19)3;/h11-12,17H,6-10H2,1-5H3;1H/t12-;/m1./s1. The smallest absolute Gasteiger partial charge is 0.227 e. The molecule has 0 unspecified atom stereocenters. The minimum atomic E-state index is 0. The monoisotopic (exact) mass is 328 g/mol. The first-order chi connectivity index (χ1) is 9.90. The van der Waals surface area contributed by atoms with Gasteiger partial charge in [0.1, 0.15) is 0 Å². The summed E-state index contributed by atoms with van der Waals surface area (Å²) in [4.78, 5) is 14.6. The first-order valence-electron chi connectivity index (χ1n) is 7.93. The first-order valence-corrected chi connectivity index (χ1v) is 7.93. The lowest BCUT2D eigenvalue weighted by molar-refractivity contribution is -0.133. The minimum Gasteiger partial charge on any atom is -0.337 e. The third kappa shape index (κ3) is 4.23. The molecule has 1 saturated heterocycles. The molecule has 6 heteroatoms. The van der Waals surface area contributed by atoms with E-state index < -0.39 is 0 Å². The maximum Gasteiger partial charge on any atom is 0.227 e. The van der Waals surface area contributed by atoms with E-state index in [1.807, 2.05) is 16.5 Å². The van der Waals surface area contributed by atoms with E-state index in [9.17, 15) is 4.79 Å². The van der Waals surface area contributed by atoms with E-state index >= 15 is 0 Å². The van der Waals surface area contributed by atoms with Gasteiger partial charge in [-0.15, -0.1) is 12.4 Å². The van der Waals surface area contributed by atoms with E-state index in [1.165, 1.54) is 0 Å². The zero-order chi connectivity index (χ0) is 15.6. The van der Waals surface area contributed by atoms with Gasteiger partial charge >= 0.3 is 0 Å². The second-order valence-electron chi connectivity index (χ2n) is 6.54. The van der Waals surface area contributed by atoms with Crippen LogP contribution >= 0.6 is 12.4 Å². The van der Waals surface area contributed by atoms with Gasteiger partial charge in [-0.05, 0) is 26.7 Å². The van der Waals surface area contributed by atoms with Crippen molar-refractivity contribution in [2.24, 2.45) is 5.92 Å². The highest BCUT2D eigenvalue weighted by Gasteiger charge is 2.25. The third-order valence-corrected chi connectivity index (χ3v) is 4.22. The number of piperazine rings is 1. The lowest BCUT2D eigenvalue weighted by Crippen LogP contribution is -2.52. The van der Waals surface area contributed by atoms with E-state index in [2.05, 4.69) is 38.1 Å². The van der Waals surface area contributed by atoms with E-state index in [0.717, 1.165) is 43.1 Å². The van der Waals surface area contributed by atoms with E-state index in [0.29, 0.717) is 12.3 Å². The molecule has 22 heavy (non-hydrogen) atoms. The molecule has 1 amide bonds. The number of amides is 1. The number of aryl methyl sites for hydroxylation is 1. The van der Waals surface area contributed by atoms with Crippen molar-refractivity contribution in [3.8, 4) is 0 Å². The Hall–Kier alpha value is -1.07. The second-order valence-corrected chi connectivity index (χ2v) is 6.54. The molecule has 1 aliphatic rings. The molecule has 0 radical (unpaired) electrons. The van der Waals surface area contributed by atoms with Gasteiger partial charge in [0, 0.05) is 43.5 Å². The van der Waals surface area contributed by atoms with Gasteiger partial charge in [0.2, 0.25) is 5.91 Å². The molecule has 2 rings (SSSR count). The van der Waals surface area contributed by atoms with E-state index in [4.69, 9.17) is 0 Å². The summed E-state index contributed by atoms with van der Waals surface area (Å²) in [6.07, 6.45) is 0.472. The fourth-order valence-electron chi connectivity index (χ4n) is 2.98. The molecule has 2 heterocycles. The van der Waals surface area contributed by atoms with Crippen molar-refractivity contribution in [2.75, 3.05) is 19.6 Å². The van der Waals surface area contributed by atoms with Crippen LogP contribution in [0.25, 0.3) is 0 Å². The molecule has 0 bridgehead atoms. The number of nitrogens with zero attached hydrogens (tertiary/aromatic N) is 3. The van der Waals surface area contributed by atoms with Crippen LogP contribution in [0.15, 0.2) is 0 Å². The Morgan fingerprint density at radius 2 is 2.09 bits per heavy atom. The van der Waals surface area contributed by atoms with Gasteiger partial charge in [-0.3, -0.25) is 9.48 Å². The first kappa shape index (κ1) is 19.0. The van der Waals surface area contributed by atoms with Crippen molar-refractivity contribution in [3.63, 3.8) is 0 Å². The van der Waals surface area contributed by atoms with Gasteiger partial charge in [0.15, 0.2) is 0 Å². The number of rotatable bonds is 4. The van der Waals surface area contributed by atoms with Crippen LogP contribution in [0.1, 0.15) is 37.7 Å². The number of carbonyl (C=O) groups excluding carboxylic acids is 1. The van der Waals surface area contributed by atoms with Crippen molar-refractivity contribution in [2.45, 2.75) is 53.6 Å². The number of hydrogen-bond donors (Lipinski definition) is 1. The van der Waals surface area contributed by atoms with Crippen molar-refractivity contribution in [1.82, 2.24) is 20.0 Å². The minimum absolute atomic E-state index is 0. The summed E-state index contributed by atoms with van der Waals surface area (Å²) in [6.45, 7) is 14.0. The molecule has 1 N–H and O–H groups in total. The molecule has 1 aliphatic heterocycles. The van der Waals surface area contributed by atoms with E-state index in [-0.39, 0.29) is 24.4 Å². The van der Waals surface area contributed by atoms with Crippen molar-refractivity contribution in [3.05, 3.63) is 17.0 Å². The molecule has 0 spiro atoms. The number of carbonyl (C=O) groups is 1. The van der Waals surface area contributed by atoms with Gasteiger partial charge < -0.3 is 10.2 Å². The number of aromatic nitrogens is 2. The zero-order valence-corrected chi connectivity index (χ0v) is 15.2. The van der Waals surface area contributed by atoms with Crippen molar-refractivity contribution >= 4 is 18.3 Å². The van der Waals surface area contributed by atoms with Gasteiger partial charge in [-0.25, -0.2) is 0 Å². The van der Waals surface area contributed by atoms with E-state index in [1.54, 1.807) is 0 Å². The number of hydrogen-bond acceptors (Lipinski definition) is 3. The van der Waals surface area contributed by atoms with Crippen molar-refractivity contribution < 1.29 is 4.79 Å². The molecule has 0 aromatic carbocycles. The highest BCUT2D eigenvalue weighted by Crippen LogP contribution is 2.17. The summed E-state index contributed by atoms with van der Waals surface area (Å²) in [7, 11) is 0. The van der Waals surface area contributed by atoms with Crippen LogP contribution < -0.4 is 5.32 Å². The summed E-state index contributed by atoms with van der Waals surface area (Å²) in [5, 5.41) is 7.92. The SMILES string of the molecule is Cc1nn(CC(C)C)c(C)c1CC(=O)N1CCNC[C@H]1C.Cl. The largest absolute Gasteiger partial charge is 0.337 e. The molecule has 126 valence electrons. The average molecular weight is 329 g/mol. The Balaban J connectivity index is 0.00000242. The summed E-state index contributed by atoms with van der Waals surface area (Å²) in [5.74, 6) is 0.777. The Morgan fingerprint density at radius 1 is 1.41 bits per heavy atom. The lowest BCUT2D eigenvalue weighted by Gasteiger charge is -2.34. The molecule has 1 aromatic rings. The molecule has 0 saturated carbocycles. The molecular formula is C16H29ClN4O. The highest BCUT2D eigenvalue weighted by molar-refractivity contribution is 5.85. The van der Waals surface area contributed by atoms with Gasteiger partial charge in [-0.1, -0.05) is 13.8 Å². The fraction of sp³-hybridized carbons (Fsp3) is 0.750. The van der Waals surface area contributed by atoms with Crippen LogP contribution in [-0.2, 0) is 17.8 Å². The quantitative estimate of drug-likeness (QED) is 0.919. The van der Waals surface area contributed by atoms with Gasteiger partial charge in [-0.2, -0.15) is 5.10 Å². The lowest BCUT2D eigenvalue weighted by atomic mass is 10.1. The Kier molecular flexibility index (Phi) is 6.88. The zero-order valence-electron chi connectivity index (χ0n) is 14.3. The topological polar surface area (TPSA) is 50.2 Å². The normalized spacial score (nSPS) is 18.5. The number of halogens is 1. The van der Waals surface area contributed by atoms with Crippen LogP contribution in [0, 0.1) is 19.8 Å². The van der Waals surface area contributed by atoms with Crippen LogP contribution in [-0.4, -0.2) is 46.3 Å².